The number of aryl methyl sites for hydroxylation is 1. The third-order valence-corrected chi connectivity index (χ3v) is 4.41. The number of hydrogen-bond donors (Lipinski definition) is 0. The second-order valence-corrected chi connectivity index (χ2v) is 6.00. The van der Waals surface area contributed by atoms with Crippen LogP contribution < -0.4 is 0 Å². The molecule has 0 aliphatic rings. The molecule has 1 aromatic rings. The van der Waals surface area contributed by atoms with E-state index in [1.54, 1.807) is 0 Å². The fraction of sp³-hybridized carbons (Fsp3) is 0.667. The van der Waals surface area contributed by atoms with Crippen LogP contribution in [0.5, 0.6) is 0 Å². The van der Waals surface area contributed by atoms with Crippen molar-refractivity contribution in [3.8, 4) is 0 Å². The number of pyridine rings is 1. The Balaban J connectivity index is 2.62. The molecule has 1 atom stereocenters. The van der Waals surface area contributed by atoms with Gasteiger partial charge < -0.3 is 0 Å². The maximum Gasteiger partial charge on any atom is 0.0443 e. The zero-order valence-corrected chi connectivity index (χ0v) is 12.8. The van der Waals surface area contributed by atoms with Gasteiger partial charge in [0.1, 0.15) is 0 Å². The molecule has 0 aliphatic carbocycles. The molecule has 0 fully saturated rings. The molecular weight excluding hydrogens is 274 g/mol. The highest BCUT2D eigenvalue weighted by atomic mass is 79.9. The van der Waals surface area contributed by atoms with Crippen molar-refractivity contribution < 1.29 is 0 Å². The van der Waals surface area contributed by atoms with Crippen molar-refractivity contribution in [1.82, 2.24) is 4.98 Å². The van der Waals surface area contributed by atoms with Crippen molar-refractivity contribution in [2.45, 2.75) is 57.7 Å². The number of aromatic nitrogens is 1. The van der Waals surface area contributed by atoms with Gasteiger partial charge in [0.2, 0.25) is 0 Å². The number of nitrogens with zero attached hydrogens (tertiary/aromatic N) is 1. The SMILES string of the molecule is CCCC(CCC)C(Br)Cc1ncccc1C. The standard InChI is InChI=1S/C15H24BrN/c1-4-7-13(8-5-2)14(16)11-15-12(3)9-6-10-17-15/h6,9-10,13-14H,4-5,7-8,11H2,1-3H3. The molecule has 17 heavy (non-hydrogen) atoms. The molecule has 0 aliphatic heterocycles. The Morgan fingerprint density at radius 1 is 1.24 bits per heavy atom. The van der Waals surface area contributed by atoms with Crippen molar-refractivity contribution in [1.29, 1.82) is 0 Å². The Morgan fingerprint density at radius 2 is 1.88 bits per heavy atom. The van der Waals surface area contributed by atoms with E-state index < -0.39 is 0 Å². The van der Waals surface area contributed by atoms with Crippen LogP contribution in [0.3, 0.4) is 0 Å². The summed E-state index contributed by atoms with van der Waals surface area (Å²) in [7, 11) is 0. The fourth-order valence-electron chi connectivity index (χ4n) is 2.33. The smallest absolute Gasteiger partial charge is 0.0443 e. The molecule has 2 heteroatoms. The van der Waals surface area contributed by atoms with Crippen molar-refractivity contribution in [2.75, 3.05) is 0 Å². The maximum atomic E-state index is 4.49. The summed E-state index contributed by atoms with van der Waals surface area (Å²) < 4.78 is 0. The molecule has 0 radical (unpaired) electrons. The van der Waals surface area contributed by atoms with E-state index in [-0.39, 0.29) is 0 Å². The third kappa shape index (κ3) is 4.79. The topological polar surface area (TPSA) is 12.9 Å². The first-order valence-electron chi connectivity index (χ1n) is 6.73. The maximum absolute atomic E-state index is 4.49. The first-order chi connectivity index (χ1) is 8.19. The minimum absolute atomic E-state index is 0.566. The lowest BCUT2D eigenvalue weighted by molar-refractivity contribution is 0.425. The highest BCUT2D eigenvalue weighted by Crippen LogP contribution is 2.26. The molecule has 0 amide bonds. The van der Waals surface area contributed by atoms with E-state index in [4.69, 9.17) is 0 Å². The Morgan fingerprint density at radius 3 is 2.41 bits per heavy atom. The van der Waals surface area contributed by atoms with Crippen LogP contribution in [0.4, 0.5) is 0 Å². The Hall–Kier alpha value is -0.370. The van der Waals surface area contributed by atoms with Gasteiger partial charge in [-0.05, 0) is 37.3 Å². The Kier molecular flexibility index (Phi) is 6.79. The lowest BCUT2D eigenvalue weighted by Gasteiger charge is -2.22. The summed E-state index contributed by atoms with van der Waals surface area (Å²) in [5.74, 6) is 0.784. The molecule has 1 aromatic heterocycles. The number of alkyl halides is 1. The first kappa shape index (κ1) is 14.7. The quantitative estimate of drug-likeness (QED) is 0.652. The molecular formula is C15H24BrN. The fourth-order valence-corrected chi connectivity index (χ4v) is 3.17. The van der Waals surface area contributed by atoms with Gasteiger partial charge in [-0.2, -0.15) is 0 Å². The average Bonchev–Trinajstić information content (AvgIpc) is 2.32. The normalized spacial score (nSPS) is 13.0. The Bertz CT molecular complexity index is 318. The molecule has 0 saturated carbocycles. The van der Waals surface area contributed by atoms with Crippen LogP contribution in [0.25, 0.3) is 0 Å². The van der Waals surface area contributed by atoms with Crippen LogP contribution in [-0.4, -0.2) is 9.81 Å². The minimum Gasteiger partial charge on any atom is -0.261 e. The highest BCUT2D eigenvalue weighted by Gasteiger charge is 2.18. The molecule has 0 saturated heterocycles. The number of rotatable bonds is 7. The summed E-state index contributed by atoms with van der Waals surface area (Å²) in [4.78, 5) is 5.06. The van der Waals surface area contributed by atoms with E-state index in [9.17, 15) is 0 Å². The molecule has 0 aromatic carbocycles. The molecule has 0 N–H and O–H groups in total. The average molecular weight is 298 g/mol. The molecule has 0 bridgehead atoms. The number of hydrogen-bond acceptors (Lipinski definition) is 1. The van der Waals surface area contributed by atoms with Crippen LogP contribution in [0.15, 0.2) is 18.3 Å². The van der Waals surface area contributed by atoms with E-state index in [0.717, 1.165) is 12.3 Å². The summed E-state index contributed by atoms with van der Waals surface area (Å²) >= 11 is 3.88. The largest absolute Gasteiger partial charge is 0.261 e. The van der Waals surface area contributed by atoms with Gasteiger partial charge in [-0.15, -0.1) is 0 Å². The second-order valence-electron chi connectivity index (χ2n) is 4.82. The number of halogens is 1. The van der Waals surface area contributed by atoms with Crippen LogP contribution in [0.1, 0.15) is 50.8 Å². The summed E-state index contributed by atoms with van der Waals surface area (Å²) in [6.45, 7) is 6.69. The third-order valence-electron chi connectivity index (χ3n) is 3.34. The van der Waals surface area contributed by atoms with Crippen LogP contribution >= 0.6 is 15.9 Å². The lowest BCUT2D eigenvalue weighted by Crippen LogP contribution is -2.18. The minimum atomic E-state index is 0.566. The van der Waals surface area contributed by atoms with Crippen LogP contribution in [0.2, 0.25) is 0 Å². The van der Waals surface area contributed by atoms with Gasteiger partial charge in [0, 0.05) is 23.1 Å². The van der Waals surface area contributed by atoms with Crippen molar-refractivity contribution in [3.63, 3.8) is 0 Å². The summed E-state index contributed by atoms with van der Waals surface area (Å²) in [6, 6.07) is 4.16. The van der Waals surface area contributed by atoms with Gasteiger partial charge in [-0.1, -0.05) is 48.7 Å². The van der Waals surface area contributed by atoms with Gasteiger partial charge in [0.15, 0.2) is 0 Å². The molecule has 1 rings (SSSR count). The van der Waals surface area contributed by atoms with Gasteiger partial charge >= 0.3 is 0 Å². The zero-order chi connectivity index (χ0) is 12.7. The lowest BCUT2D eigenvalue weighted by atomic mass is 9.92. The van der Waals surface area contributed by atoms with Crippen LogP contribution in [0, 0.1) is 12.8 Å². The van der Waals surface area contributed by atoms with Gasteiger partial charge in [-0.3, -0.25) is 4.98 Å². The highest BCUT2D eigenvalue weighted by molar-refractivity contribution is 9.09. The summed E-state index contributed by atoms with van der Waals surface area (Å²) in [5.41, 5.74) is 2.55. The van der Waals surface area contributed by atoms with Gasteiger partial charge in [0.05, 0.1) is 0 Å². The van der Waals surface area contributed by atoms with Crippen LogP contribution in [-0.2, 0) is 6.42 Å². The first-order valence-corrected chi connectivity index (χ1v) is 7.65. The zero-order valence-electron chi connectivity index (χ0n) is 11.2. The van der Waals surface area contributed by atoms with E-state index in [0.29, 0.717) is 4.83 Å². The Labute approximate surface area is 114 Å². The molecule has 1 heterocycles. The second kappa shape index (κ2) is 7.86. The van der Waals surface area contributed by atoms with E-state index in [2.05, 4.69) is 47.8 Å². The predicted molar refractivity (Wildman–Crippen MR) is 78.7 cm³/mol. The van der Waals surface area contributed by atoms with E-state index in [1.807, 2.05) is 12.3 Å². The molecule has 0 spiro atoms. The molecule has 1 nitrogen and oxygen atoms in total. The molecule has 1 unspecified atom stereocenters. The van der Waals surface area contributed by atoms with E-state index in [1.165, 1.54) is 36.9 Å². The van der Waals surface area contributed by atoms with Crippen molar-refractivity contribution in [2.24, 2.45) is 5.92 Å². The van der Waals surface area contributed by atoms with E-state index >= 15 is 0 Å². The molecule has 96 valence electrons. The van der Waals surface area contributed by atoms with Gasteiger partial charge in [0.25, 0.3) is 0 Å². The summed E-state index contributed by atoms with van der Waals surface area (Å²) in [5, 5.41) is 0. The van der Waals surface area contributed by atoms with Crippen molar-refractivity contribution in [3.05, 3.63) is 29.6 Å². The van der Waals surface area contributed by atoms with Gasteiger partial charge in [-0.25, -0.2) is 0 Å². The van der Waals surface area contributed by atoms with Crippen molar-refractivity contribution >= 4 is 15.9 Å². The monoisotopic (exact) mass is 297 g/mol. The summed E-state index contributed by atoms with van der Waals surface area (Å²) in [6.07, 6.45) is 8.13. The predicted octanol–water partition coefficient (Wildman–Crippen LogP) is 4.91.